The Labute approximate surface area is 85.8 Å². The number of fused-ring (bicyclic) bond motifs is 1. The quantitative estimate of drug-likeness (QED) is 0.766. The molecule has 0 unspecified atom stereocenters. The topological polar surface area (TPSA) is 37.3 Å². The lowest BCUT2D eigenvalue weighted by molar-refractivity contribution is 0.0905. The van der Waals surface area contributed by atoms with E-state index in [0.717, 1.165) is 10.1 Å². The molecule has 0 aliphatic rings. The van der Waals surface area contributed by atoms with Crippen LogP contribution in [0.1, 0.15) is 15.2 Å². The first-order valence-electron chi connectivity index (χ1n) is 4.35. The van der Waals surface area contributed by atoms with Crippen LogP contribution in [-0.2, 0) is 0 Å². The molecule has 14 heavy (non-hydrogen) atoms. The van der Waals surface area contributed by atoms with Crippen molar-refractivity contribution in [3.63, 3.8) is 0 Å². The van der Waals surface area contributed by atoms with Crippen LogP contribution in [0.25, 0.3) is 10.1 Å². The van der Waals surface area contributed by atoms with Crippen molar-refractivity contribution in [1.29, 1.82) is 0 Å². The summed E-state index contributed by atoms with van der Waals surface area (Å²) in [5, 5.41) is 9.89. The van der Waals surface area contributed by atoms with Gasteiger partial charge in [-0.25, -0.2) is 0 Å². The fourth-order valence-corrected chi connectivity index (χ4v) is 2.54. The summed E-state index contributed by atoms with van der Waals surface area (Å²) in [6, 6.07) is 7.63. The third kappa shape index (κ3) is 1.45. The number of hydrogen-bond acceptors (Lipinski definition) is 3. The third-order valence-corrected chi connectivity index (χ3v) is 3.21. The number of aliphatic hydroxyl groups is 1. The summed E-state index contributed by atoms with van der Waals surface area (Å²) in [4.78, 5) is 12.6. The number of thiophene rings is 1. The van der Waals surface area contributed by atoms with E-state index in [-0.39, 0.29) is 5.78 Å². The largest absolute Gasteiger partial charge is 0.388 e. The van der Waals surface area contributed by atoms with Crippen LogP contribution in [0.4, 0.5) is 0 Å². The van der Waals surface area contributed by atoms with Gasteiger partial charge in [0.05, 0.1) is 0 Å². The van der Waals surface area contributed by atoms with E-state index in [9.17, 15) is 4.79 Å². The number of hydrogen-bond donors (Lipinski definition) is 1. The molecule has 1 aromatic carbocycles. The summed E-state index contributed by atoms with van der Waals surface area (Å²) in [6.45, 7) is 1.59. The maximum atomic E-state index is 11.4. The van der Waals surface area contributed by atoms with Crippen LogP contribution < -0.4 is 0 Å². The Kier molecular flexibility index (Phi) is 2.35. The average Bonchev–Trinajstić information content (AvgIpc) is 2.56. The van der Waals surface area contributed by atoms with Crippen LogP contribution >= 0.6 is 11.3 Å². The van der Waals surface area contributed by atoms with Crippen molar-refractivity contribution in [3.8, 4) is 0 Å². The van der Waals surface area contributed by atoms with E-state index in [0.29, 0.717) is 5.56 Å². The summed E-state index contributed by atoms with van der Waals surface area (Å²) >= 11 is 1.59. The van der Waals surface area contributed by atoms with Crippen molar-refractivity contribution in [2.75, 3.05) is 6.61 Å². The fourth-order valence-electron chi connectivity index (χ4n) is 1.50. The molecule has 0 aliphatic heterocycles. The molecule has 2 aromatic rings. The third-order valence-electron chi connectivity index (χ3n) is 2.11. The van der Waals surface area contributed by atoms with E-state index in [2.05, 4.69) is 0 Å². The molecule has 2 rings (SSSR count). The normalized spacial score (nSPS) is 10.7. The highest BCUT2D eigenvalue weighted by molar-refractivity contribution is 7.19. The number of carbonyl (C=O) groups excluding carboxylic acids is 1. The zero-order chi connectivity index (χ0) is 10.1. The summed E-state index contributed by atoms with van der Waals surface area (Å²) in [7, 11) is 0. The molecule has 3 heteroatoms. The highest BCUT2D eigenvalue weighted by atomic mass is 32.1. The SMILES string of the molecule is Cc1cc2cccc(C(=O)CO)c2s1. The molecule has 0 radical (unpaired) electrons. The van der Waals surface area contributed by atoms with Gasteiger partial charge in [0.15, 0.2) is 5.78 Å². The van der Waals surface area contributed by atoms with Crippen molar-refractivity contribution < 1.29 is 9.90 Å². The van der Waals surface area contributed by atoms with E-state index in [1.165, 1.54) is 4.88 Å². The first kappa shape index (κ1) is 9.37. The zero-order valence-electron chi connectivity index (χ0n) is 7.78. The van der Waals surface area contributed by atoms with Crippen LogP contribution in [0.2, 0.25) is 0 Å². The minimum absolute atomic E-state index is 0.211. The van der Waals surface area contributed by atoms with Crippen LogP contribution in [0, 0.1) is 6.92 Å². The minimum Gasteiger partial charge on any atom is -0.388 e. The van der Waals surface area contributed by atoms with E-state index >= 15 is 0 Å². The van der Waals surface area contributed by atoms with E-state index in [4.69, 9.17) is 5.11 Å². The van der Waals surface area contributed by atoms with Gasteiger partial charge in [-0.3, -0.25) is 4.79 Å². The number of aliphatic hydroxyl groups excluding tert-OH is 1. The van der Waals surface area contributed by atoms with Crippen LogP contribution in [0.5, 0.6) is 0 Å². The number of ketones is 1. The first-order chi connectivity index (χ1) is 6.72. The minimum atomic E-state index is -0.421. The summed E-state index contributed by atoms with van der Waals surface area (Å²) in [5.74, 6) is -0.211. The van der Waals surface area contributed by atoms with Gasteiger partial charge in [-0.1, -0.05) is 12.1 Å². The van der Waals surface area contributed by atoms with Gasteiger partial charge in [-0.15, -0.1) is 11.3 Å². The molecule has 0 amide bonds. The maximum Gasteiger partial charge on any atom is 0.189 e. The van der Waals surface area contributed by atoms with Crippen molar-refractivity contribution in [2.24, 2.45) is 0 Å². The second kappa shape index (κ2) is 3.52. The number of carbonyl (C=O) groups is 1. The Morgan fingerprint density at radius 1 is 1.50 bits per heavy atom. The zero-order valence-corrected chi connectivity index (χ0v) is 8.60. The lowest BCUT2D eigenvalue weighted by atomic mass is 10.1. The van der Waals surface area contributed by atoms with Gasteiger partial charge >= 0.3 is 0 Å². The monoisotopic (exact) mass is 206 g/mol. The van der Waals surface area contributed by atoms with Crippen molar-refractivity contribution in [2.45, 2.75) is 6.92 Å². The lowest BCUT2D eigenvalue weighted by Gasteiger charge is -1.98. The first-order valence-corrected chi connectivity index (χ1v) is 5.17. The number of aryl methyl sites for hydroxylation is 1. The second-order valence-electron chi connectivity index (χ2n) is 3.16. The van der Waals surface area contributed by atoms with Crippen molar-refractivity contribution in [3.05, 3.63) is 34.7 Å². The van der Waals surface area contributed by atoms with Crippen LogP contribution in [0.3, 0.4) is 0 Å². The number of benzene rings is 1. The lowest BCUT2D eigenvalue weighted by Crippen LogP contribution is -2.03. The second-order valence-corrected chi connectivity index (χ2v) is 4.42. The Balaban J connectivity index is 2.70. The van der Waals surface area contributed by atoms with Gasteiger partial charge in [0, 0.05) is 15.1 Å². The van der Waals surface area contributed by atoms with Crippen molar-refractivity contribution in [1.82, 2.24) is 0 Å². The van der Waals surface area contributed by atoms with E-state index in [1.807, 2.05) is 25.1 Å². The molecule has 0 atom stereocenters. The fraction of sp³-hybridized carbons (Fsp3) is 0.182. The Hall–Kier alpha value is -1.19. The maximum absolute atomic E-state index is 11.4. The Morgan fingerprint density at radius 2 is 2.29 bits per heavy atom. The highest BCUT2D eigenvalue weighted by Crippen LogP contribution is 2.28. The molecule has 0 fully saturated rings. The van der Waals surface area contributed by atoms with Crippen molar-refractivity contribution >= 4 is 27.2 Å². The molecule has 1 heterocycles. The Morgan fingerprint density at radius 3 is 3.00 bits per heavy atom. The van der Waals surface area contributed by atoms with E-state index in [1.54, 1.807) is 17.4 Å². The highest BCUT2D eigenvalue weighted by Gasteiger charge is 2.10. The smallest absolute Gasteiger partial charge is 0.189 e. The van der Waals surface area contributed by atoms with Gasteiger partial charge in [0.2, 0.25) is 0 Å². The van der Waals surface area contributed by atoms with Crippen LogP contribution in [-0.4, -0.2) is 17.5 Å². The van der Waals surface area contributed by atoms with E-state index < -0.39 is 6.61 Å². The van der Waals surface area contributed by atoms with Gasteiger partial charge in [0.1, 0.15) is 6.61 Å². The van der Waals surface area contributed by atoms with Gasteiger partial charge in [-0.05, 0) is 24.4 Å². The molecule has 0 saturated heterocycles. The molecule has 1 N–H and O–H groups in total. The number of rotatable bonds is 2. The molecule has 1 aromatic heterocycles. The molecular formula is C11H10O2S. The Bertz CT molecular complexity index is 485. The molecule has 2 nitrogen and oxygen atoms in total. The molecule has 72 valence electrons. The average molecular weight is 206 g/mol. The summed E-state index contributed by atoms with van der Waals surface area (Å²) < 4.78 is 0.976. The molecular weight excluding hydrogens is 196 g/mol. The number of Topliss-reactive ketones (excluding diaryl/α,β-unsaturated/α-hetero) is 1. The predicted octanol–water partition coefficient (Wildman–Crippen LogP) is 2.38. The standard InChI is InChI=1S/C11H10O2S/c1-7-5-8-3-2-4-9(10(13)6-12)11(8)14-7/h2-5,12H,6H2,1H3. The van der Waals surface area contributed by atoms with Gasteiger partial charge in [0.25, 0.3) is 0 Å². The summed E-state index contributed by atoms with van der Waals surface area (Å²) in [6.07, 6.45) is 0. The molecule has 0 bridgehead atoms. The van der Waals surface area contributed by atoms with Gasteiger partial charge in [-0.2, -0.15) is 0 Å². The molecule has 0 aliphatic carbocycles. The molecule has 0 saturated carbocycles. The predicted molar refractivity (Wildman–Crippen MR) is 58.0 cm³/mol. The summed E-state index contributed by atoms with van der Waals surface area (Å²) in [5.41, 5.74) is 0.628. The van der Waals surface area contributed by atoms with Crippen LogP contribution in [0.15, 0.2) is 24.3 Å². The molecule has 0 spiro atoms. The van der Waals surface area contributed by atoms with Gasteiger partial charge < -0.3 is 5.11 Å².